The van der Waals surface area contributed by atoms with Gasteiger partial charge in [-0.15, -0.1) is 0 Å². The molecular weight excluding hydrogens is 347 g/mol. The predicted octanol–water partition coefficient (Wildman–Crippen LogP) is 7.10. The van der Waals surface area contributed by atoms with E-state index in [0.717, 1.165) is 13.0 Å². The van der Waals surface area contributed by atoms with E-state index in [1.165, 1.54) is 83.5 Å². The lowest BCUT2D eigenvalue weighted by molar-refractivity contribution is 0.114. The van der Waals surface area contributed by atoms with Crippen molar-refractivity contribution in [2.24, 2.45) is 0 Å². The Morgan fingerprint density at radius 3 is 1.50 bits per heavy atom. The maximum Gasteiger partial charge on any atom is 0.327 e. The van der Waals surface area contributed by atoms with Crippen LogP contribution in [0.4, 0.5) is 0 Å². The van der Waals surface area contributed by atoms with Crippen molar-refractivity contribution in [2.45, 2.75) is 110 Å². The Morgan fingerprint density at radius 1 is 0.615 bits per heavy atom. The van der Waals surface area contributed by atoms with Gasteiger partial charge < -0.3 is 14.2 Å². The van der Waals surface area contributed by atoms with E-state index in [1.807, 2.05) is 0 Å². The Bertz CT molecular complexity index is 323. The van der Waals surface area contributed by atoms with Crippen LogP contribution in [0.5, 0.6) is 0 Å². The molecule has 1 N–H and O–H groups in total. The lowest BCUT2D eigenvalue weighted by atomic mass is 10.0. The zero-order chi connectivity index (χ0) is 19.3. The van der Waals surface area contributed by atoms with E-state index in [-0.39, 0.29) is 6.16 Å². The zero-order valence-corrected chi connectivity index (χ0v) is 18.4. The van der Waals surface area contributed by atoms with Crippen molar-refractivity contribution >= 4 is 7.60 Å². The second-order valence-corrected chi connectivity index (χ2v) is 9.51. The smallest absolute Gasteiger partial charge is 0.327 e. The van der Waals surface area contributed by atoms with Crippen molar-refractivity contribution in [3.8, 4) is 0 Å². The summed E-state index contributed by atoms with van der Waals surface area (Å²) in [6.07, 6.45) is 20.0. The average molecular weight is 393 g/mol. The van der Waals surface area contributed by atoms with E-state index in [9.17, 15) is 9.46 Å². The molecule has 0 aromatic rings. The molecule has 0 aliphatic rings. The van der Waals surface area contributed by atoms with Gasteiger partial charge in [0.2, 0.25) is 0 Å². The summed E-state index contributed by atoms with van der Waals surface area (Å²) >= 11 is 0. The van der Waals surface area contributed by atoms with Crippen LogP contribution in [0.1, 0.15) is 110 Å². The number of ether oxygens (including phenoxy) is 1. The van der Waals surface area contributed by atoms with Crippen LogP contribution < -0.4 is 0 Å². The molecule has 0 aliphatic heterocycles. The van der Waals surface area contributed by atoms with Crippen LogP contribution in [0.2, 0.25) is 0 Å². The van der Waals surface area contributed by atoms with Gasteiger partial charge in [-0.2, -0.15) is 0 Å². The predicted molar refractivity (Wildman–Crippen MR) is 112 cm³/mol. The van der Waals surface area contributed by atoms with Crippen molar-refractivity contribution in [3.63, 3.8) is 0 Å². The molecule has 26 heavy (non-hydrogen) atoms. The molecule has 0 saturated carbocycles. The van der Waals surface area contributed by atoms with Crippen LogP contribution >= 0.6 is 7.60 Å². The SMILES string of the molecule is CCCCCCCCCCCCCCCCOCCCOP(=O)(O)CC. The van der Waals surface area contributed by atoms with E-state index in [4.69, 9.17) is 9.26 Å². The van der Waals surface area contributed by atoms with Gasteiger partial charge >= 0.3 is 7.60 Å². The molecule has 0 aromatic heterocycles. The molecule has 0 radical (unpaired) electrons. The van der Waals surface area contributed by atoms with Gasteiger partial charge in [0.1, 0.15) is 0 Å². The highest BCUT2D eigenvalue weighted by Crippen LogP contribution is 2.40. The molecule has 0 heterocycles. The van der Waals surface area contributed by atoms with Crippen molar-refractivity contribution < 1.29 is 18.7 Å². The Labute approximate surface area is 163 Å². The van der Waals surface area contributed by atoms with Crippen LogP contribution in [-0.2, 0) is 13.8 Å². The minimum absolute atomic E-state index is 0.174. The summed E-state index contributed by atoms with van der Waals surface area (Å²) < 4.78 is 21.7. The van der Waals surface area contributed by atoms with Gasteiger partial charge in [0.15, 0.2) is 0 Å². The first-order chi connectivity index (χ1) is 12.6. The van der Waals surface area contributed by atoms with Gasteiger partial charge in [0, 0.05) is 19.4 Å². The number of hydrogen-bond acceptors (Lipinski definition) is 3. The topological polar surface area (TPSA) is 55.8 Å². The summed E-state index contributed by atoms with van der Waals surface area (Å²) in [6, 6.07) is 0. The first-order valence-electron chi connectivity index (χ1n) is 11.2. The maximum absolute atomic E-state index is 11.3. The molecule has 1 atom stereocenters. The van der Waals surface area contributed by atoms with Gasteiger partial charge in [0.05, 0.1) is 6.61 Å². The fraction of sp³-hybridized carbons (Fsp3) is 1.00. The first kappa shape index (κ1) is 26.1. The molecule has 0 bridgehead atoms. The lowest BCUT2D eigenvalue weighted by Gasteiger charge is -2.09. The molecule has 0 aromatic carbocycles. The van der Waals surface area contributed by atoms with Crippen LogP contribution in [0.3, 0.4) is 0 Å². The van der Waals surface area contributed by atoms with E-state index in [1.54, 1.807) is 6.92 Å². The normalized spacial score (nSPS) is 13.8. The Hall–Kier alpha value is 0.110. The molecule has 1 unspecified atom stereocenters. The molecule has 0 amide bonds. The summed E-state index contributed by atoms with van der Waals surface area (Å²) in [7, 11) is -3.32. The molecule has 158 valence electrons. The zero-order valence-electron chi connectivity index (χ0n) is 17.6. The first-order valence-corrected chi connectivity index (χ1v) is 12.9. The lowest BCUT2D eigenvalue weighted by Crippen LogP contribution is -2.02. The number of rotatable bonds is 21. The van der Waals surface area contributed by atoms with Crippen LogP contribution in [0, 0.1) is 0 Å². The minimum atomic E-state index is -3.32. The summed E-state index contributed by atoms with van der Waals surface area (Å²) in [5, 5.41) is 0. The van der Waals surface area contributed by atoms with Gasteiger partial charge in [0.25, 0.3) is 0 Å². The highest BCUT2D eigenvalue weighted by Gasteiger charge is 2.14. The van der Waals surface area contributed by atoms with Gasteiger partial charge in [-0.05, 0) is 12.8 Å². The van der Waals surface area contributed by atoms with Crippen molar-refractivity contribution in [3.05, 3.63) is 0 Å². The Balaban J connectivity index is 3.06. The summed E-state index contributed by atoms with van der Waals surface area (Å²) in [5.41, 5.74) is 0. The van der Waals surface area contributed by atoms with Crippen molar-refractivity contribution in [1.82, 2.24) is 0 Å². The highest BCUT2D eigenvalue weighted by atomic mass is 31.2. The quantitative estimate of drug-likeness (QED) is 0.167. The molecule has 0 rings (SSSR count). The fourth-order valence-corrected chi connectivity index (χ4v) is 3.56. The number of unbranched alkanes of at least 4 members (excludes halogenated alkanes) is 13. The van der Waals surface area contributed by atoms with E-state index >= 15 is 0 Å². The van der Waals surface area contributed by atoms with Gasteiger partial charge in [-0.25, -0.2) is 0 Å². The van der Waals surface area contributed by atoms with Crippen LogP contribution in [-0.4, -0.2) is 30.9 Å². The fourth-order valence-electron chi connectivity index (χ4n) is 2.96. The third-order valence-electron chi connectivity index (χ3n) is 4.77. The standard InChI is InChI=1S/C21H45O4P/c1-3-5-6-7-8-9-10-11-12-13-14-15-16-17-19-24-20-18-21-25-26(22,23)4-2/h3-21H2,1-2H3,(H,22,23). The second-order valence-electron chi connectivity index (χ2n) is 7.35. The van der Waals surface area contributed by atoms with E-state index in [0.29, 0.717) is 19.6 Å². The van der Waals surface area contributed by atoms with Gasteiger partial charge in [-0.3, -0.25) is 4.57 Å². The van der Waals surface area contributed by atoms with Gasteiger partial charge in [-0.1, -0.05) is 97.3 Å². The summed E-state index contributed by atoms with van der Waals surface area (Å²) in [5.74, 6) is 0. The third kappa shape index (κ3) is 20.4. The molecular formula is C21H45O4P. The molecule has 4 nitrogen and oxygen atoms in total. The van der Waals surface area contributed by atoms with Crippen LogP contribution in [0.25, 0.3) is 0 Å². The average Bonchev–Trinajstić information content (AvgIpc) is 2.63. The summed E-state index contributed by atoms with van der Waals surface area (Å²) in [4.78, 5) is 9.26. The highest BCUT2D eigenvalue weighted by molar-refractivity contribution is 7.52. The maximum atomic E-state index is 11.3. The van der Waals surface area contributed by atoms with Crippen molar-refractivity contribution in [1.29, 1.82) is 0 Å². The van der Waals surface area contributed by atoms with E-state index in [2.05, 4.69) is 6.92 Å². The summed E-state index contributed by atoms with van der Waals surface area (Å²) in [6.45, 7) is 5.65. The third-order valence-corrected chi connectivity index (χ3v) is 6.15. The second kappa shape index (κ2) is 19.9. The molecule has 5 heteroatoms. The number of hydrogen-bond donors (Lipinski definition) is 1. The monoisotopic (exact) mass is 392 g/mol. The molecule has 0 spiro atoms. The minimum Gasteiger partial charge on any atom is -0.381 e. The van der Waals surface area contributed by atoms with Crippen molar-refractivity contribution in [2.75, 3.05) is 26.0 Å². The molecule has 0 fully saturated rings. The van der Waals surface area contributed by atoms with E-state index < -0.39 is 7.60 Å². The van der Waals surface area contributed by atoms with Crippen LogP contribution in [0.15, 0.2) is 0 Å². The molecule has 0 saturated heterocycles. The largest absolute Gasteiger partial charge is 0.381 e. The Kier molecular flexibility index (Phi) is 19.9. The molecule has 0 aliphatic carbocycles. The Morgan fingerprint density at radius 2 is 1.04 bits per heavy atom.